The Balaban J connectivity index is 2.13. The number of carbonyl (C=O) groups excluding carboxylic acids is 1. The van der Waals surface area contributed by atoms with E-state index in [2.05, 4.69) is 9.97 Å². The number of nitrogens with two attached hydrogens (primary N) is 1. The van der Waals surface area contributed by atoms with Crippen LogP contribution in [0.2, 0.25) is 0 Å². The van der Waals surface area contributed by atoms with Crippen LogP contribution >= 0.6 is 0 Å². The van der Waals surface area contributed by atoms with Crippen molar-refractivity contribution in [2.45, 2.75) is 32.9 Å². The molecule has 9 nitrogen and oxygen atoms in total. The minimum Gasteiger partial charge on any atom is -0.467 e. The summed E-state index contributed by atoms with van der Waals surface area (Å²) in [5, 5.41) is 0. The molecule has 9 heteroatoms. The van der Waals surface area contributed by atoms with Crippen LogP contribution in [0.4, 0.5) is 11.5 Å². The van der Waals surface area contributed by atoms with Crippen molar-refractivity contribution in [3.8, 4) is 0 Å². The second-order valence-electron chi connectivity index (χ2n) is 6.18. The molecule has 0 unspecified atom stereocenters. The Kier molecular flexibility index (Phi) is 5.73. The van der Waals surface area contributed by atoms with Gasteiger partial charge in [-0.3, -0.25) is 29.0 Å². The van der Waals surface area contributed by atoms with Crippen LogP contribution in [-0.4, -0.2) is 20.4 Å². The molecule has 0 saturated heterocycles. The Morgan fingerprint density at radius 1 is 1.29 bits per heavy atom. The van der Waals surface area contributed by atoms with E-state index in [0.29, 0.717) is 18.7 Å². The van der Waals surface area contributed by atoms with E-state index in [4.69, 9.17) is 10.2 Å². The van der Waals surface area contributed by atoms with E-state index in [1.165, 1.54) is 28.0 Å². The van der Waals surface area contributed by atoms with Crippen LogP contribution in [0.3, 0.4) is 0 Å². The lowest BCUT2D eigenvalue weighted by atomic mass is 10.2. The average molecular weight is 383 g/mol. The number of hydrogen-bond acceptors (Lipinski definition) is 6. The highest BCUT2D eigenvalue weighted by atomic mass is 16.3. The van der Waals surface area contributed by atoms with E-state index in [0.717, 1.165) is 6.42 Å². The van der Waals surface area contributed by atoms with Crippen LogP contribution in [0.25, 0.3) is 0 Å². The van der Waals surface area contributed by atoms with Gasteiger partial charge in [0.1, 0.15) is 17.3 Å². The largest absolute Gasteiger partial charge is 0.467 e. The van der Waals surface area contributed by atoms with Gasteiger partial charge in [-0.15, -0.1) is 0 Å². The third-order valence-electron chi connectivity index (χ3n) is 4.24. The monoisotopic (exact) mass is 383 g/mol. The zero-order valence-corrected chi connectivity index (χ0v) is 15.4. The van der Waals surface area contributed by atoms with Crippen molar-refractivity contribution in [3.05, 3.63) is 75.1 Å². The van der Waals surface area contributed by atoms with E-state index in [9.17, 15) is 14.4 Å². The average Bonchev–Trinajstić information content (AvgIpc) is 3.20. The maximum atomic E-state index is 13.1. The molecule has 0 atom stereocenters. The highest BCUT2D eigenvalue weighted by Crippen LogP contribution is 2.22. The topological polar surface area (TPSA) is 127 Å². The van der Waals surface area contributed by atoms with Crippen LogP contribution < -0.4 is 21.9 Å². The Hall–Kier alpha value is -3.62. The van der Waals surface area contributed by atoms with E-state index >= 15 is 0 Å². The molecule has 0 radical (unpaired) electrons. The third kappa shape index (κ3) is 3.88. The summed E-state index contributed by atoms with van der Waals surface area (Å²) in [4.78, 5) is 45.4. The van der Waals surface area contributed by atoms with Crippen LogP contribution in [0.5, 0.6) is 0 Å². The lowest BCUT2D eigenvalue weighted by Gasteiger charge is -2.23. The number of pyridine rings is 1. The summed E-state index contributed by atoms with van der Waals surface area (Å²) < 4.78 is 6.60. The fraction of sp³-hybridized carbons (Fsp3) is 0.263. The molecule has 0 saturated carbocycles. The number of anilines is 2. The highest BCUT2D eigenvalue weighted by Gasteiger charge is 2.26. The van der Waals surface area contributed by atoms with E-state index in [1.807, 2.05) is 6.92 Å². The lowest BCUT2D eigenvalue weighted by molar-refractivity contribution is 0.0978. The van der Waals surface area contributed by atoms with Gasteiger partial charge in [-0.05, 0) is 30.7 Å². The maximum Gasteiger partial charge on any atom is 0.330 e. The van der Waals surface area contributed by atoms with Gasteiger partial charge in [0.2, 0.25) is 0 Å². The van der Waals surface area contributed by atoms with E-state index in [1.54, 1.807) is 24.3 Å². The molecule has 0 aromatic carbocycles. The number of amides is 1. The number of H-pyrrole nitrogens is 1. The van der Waals surface area contributed by atoms with Crippen LogP contribution in [0, 0.1) is 0 Å². The first-order valence-corrected chi connectivity index (χ1v) is 8.90. The van der Waals surface area contributed by atoms with Gasteiger partial charge in [-0.2, -0.15) is 0 Å². The molecule has 0 aliphatic heterocycles. The van der Waals surface area contributed by atoms with Crippen molar-refractivity contribution >= 4 is 17.4 Å². The molecule has 3 N–H and O–H groups in total. The molecule has 146 valence electrons. The standard InChI is InChI=1S/C19H21N5O4/c1-2-3-10-23-16(20)15(17(25)22-19(23)27)24(12-13-7-6-11-28-13)18(26)14-8-4-5-9-21-14/h4-9,11H,2-3,10,12,20H2,1H3,(H,22,25,27). The summed E-state index contributed by atoms with van der Waals surface area (Å²) in [6.45, 7) is 2.26. The molecule has 28 heavy (non-hydrogen) atoms. The quantitative estimate of drug-likeness (QED) is 0.640. The molecule has 3 aromatic heterocycles. The smallest absolute Gasteiger partial charge is 0.330 e. The minimum atomic E-state index is -0.744. The molecule has 3 heterocycles. The first-order chi connectivity index (χ1) is 13.5. The molecule has 0 aliphatic carbocycles. The summed E-state index contributed by atoms with van der Waals surface area (Å²) in [7, 11) is 0. The predicted molar refractivity (Wildman–Crippen MR) is 104 cm³/mol. The lowest BCUT2D eigenvalue weighted by Crippen LogP contribution is -2.41. The molecule has 0 fully saturated rings. The number of nitrogens with zero attached hydrogens (tertiary/aromatic N) is 3. The van der Waals surface area contributed by atoms with Crippen LogP contribution in [0.1, 0.15) is 36.0 Å². The van der Waals surface area contributed by atoms with E-state index in [-0.39, 0.29) is 23.7 Å². The number of nitrogen functional groups attached to an aromatic ring is 1. The number of aromatic nitrogens is 3. The van der Waals surface area contributed by atoms with Gasteiger partial charge in [0, 0.05) is 12.7 Å². The van der Waals surface area contributed by atoms with E-state index < -0.39 is 17.2 Å². The fourth-order valence-electron chi connectivity index (χ4n) is 2.81. The Morgan fingerprint density at radius 2 is 2.11 bits per heavy atom. The first kappa shape index (κ1) is 19.2. The maximum absolute atomic E-state index is 13.1. The summed E-state index contributed by atoms with van der Waals surface area (Å²) in [6.07, 6.45) is 4.48. The van der Waals surface area contributed by atoms with Crippen molar-refractivity contribution in [2.24, 2.45) is 0 Å². The van der Waals surface area contributed by atoms with Gasteiger partial charge in [0.25, 0.3) is 11.5 Å². The number of hydrogen-bond donors (Lipinski definition) is 2. The van der Waals surface area contributed by atoms with Gasteiger partial charge in [-0.1, -0.05) is 19.4 Å². The number of nitrogens with one attached hydrogen (secondary N) is 1. The van der Waals surface area contributed by atoms with Crippen LogP contribution in [-0.2, 0) is 13.1 Å². The zero-order chi connectivity index (χ0) is 20.1. The molecule has 0 bridgehead atoms. The first-order valence-electron chi connectivity index (χ1n) is 8.90. The molecule has 3 rings (SSSR count). The number of carbonyl (C=O) groups is 1. The predicted octanol–water partition coefficient (Wildman–Crippen LogP) is 1.75. The summed E-state index contributed by atoms with van der Waals surface area (Å²) in [5.41, 5.74) is 4.85. The van der Waals surface area contributed by atoms with Crippen molar-refractivity contribution < 1.29 is 9.21 Å². The summed E-state index contributed by atoms with van der Waals surface area (Å²) in [5.74, 6) is -0.151. The number of aromatic amines is 1. The Bertz CT molecular complexity index is 1050. The number of unbranched alkanes of at least 4 members (excludes halogenated alkanes) is 1. The van der Waals surface area contributed by atoms with Crippen molar-refractivity contribution in [1.29, 1.82) is 0 Å². The van der Waals surface area contributed by atoms with Crippen molar-refractivity contribution in [2.75, 3.05) is 10.6 Å². The van der Waals surface area contributed by atoms with Crippen molar-refractivity contribution in [3.63, 3.8) is 0 Å². The minimum absolute atomic E-state index is 0.0400. The summed E-state index contributed by atoms with van der Waals surface area (Å²) >= 11 is 0. The highest BCUT2D eigenvalue weighted by molar-refractivity contribution is 6.05. The SMILES string of the molecule is CCCCn1c(N)c(N(Cc2ccco2)C(=O)c2ccccn2)c(=O)[nH]c1=O. The van der Waals surface area contributed by atoms with Gasteiger partial charge in [0.15, 0.2) is 5.69 Å². The van der Waals surface area contributed by atoms with Gasteiger partial charge < -0.3 is 10.2 Å². The molecule has 1 amide bonds. The van der Waals surface area contributed by atoms with Gasteiger partial charge in [-0.25, -0.2) is 4.79 Å². The van der Waals surface area contributed by atoms with Gasteiger partial charge in [0.05, 0.1) is 12.8 Å². The molecule has 0 aliphatic rings. The van der Waals surface area contributed by atoms with Crippen molar-refractivity contribution in [1.82, 2.24) is 14.5 Å². The Labute approximate surface area is 160 Å². The fourth-order valence-corrected chi connectivity index (χ4v) is 2.81. The molecule has 0 spiro atoms. The molecule has 3 aromatic rings. The second kappa shape index (κ2) is 8.38. The molecular formula is C19H21N5O4. The van der Waals surface area contributed by atoms with Crippen LogP contribution in [0.15, 0.2) is 56.8 Å². The summed E-state index contributed by atoms with van der Waals surface area (Å²) in [6, 6.07) is 8.24. The number of furan rings is 1. The number of rotatable bonds is 7. The molecular weight excluding hydrogens is 362 g/mol. The second-order valence-corrected chi connectivity index (χ2v) is 6.18. The van der Waals surface area contributed by atoms with Gasteiger partial charge >= 0.3 is 5.69 Å². The Morgan fingerprint density at radius 3 is 2.75 bits per heavy atom. The zero-order valence-electron chi connectivity index (χ0n) is 15.4. The normalized spacial score (nSPS) is 10.8. The third-order valence-corrected chi connectivity index (χ3v) is 4.24.